The quantitative estimate of drug-likeness (QED) is 0.743. The standard InChI is InChI=1S/C9H11ClOS/c10-9-7-4-2-1-3-6(7)8(5-11)12-9/h11H,1-5H2. The van der Waals surface area contributed by atoms with Gasteiger partial charge in [-0.25, -0.2) is 0 Å². The molecule has 1 aromatic rings. The lowest BCUT2D eigenvalue weighted by Gasteiger charge is -2.12. The average molecular weight is 203 g/mol. The highest BCUT2D eigenvalue weighted by Crippen LogP contribution is 2.37. The Hall–Kier alpha value is -0.0500. The summed E-state index contributed by atoms with van der Waals surface area (Å²) in [5.74, 6) is 0. The summed E-state index contributed by atoms with van der Waals surface area (Å²) in [7, 11) is 0. The molecule has 66 valence electrons. The minimum absolute atomic E-state index is 0.152. The lowest BCUT2D eigenvalue weighted by atomic mass is 9.94. The highest BCUT2D eigenvalue weighted by Gasteiger charge is 2.18. The van der Waals surface area contributed by atoms with Crippen molar-refractivity contribution in [2.24, 2.45) is 0 Å². The van der Waals surface area contributed by atoms with Crippen LogP contribution in [-0.2, 0) is 19.4 Å². The number of rotatable bonds is 1. The molecule has 0 aromatic carbocycles. The van der Waals surface area contributed by atoms with Gasteiger partial charge in [-0.3, -0.25) is 0 Å². The Balaban J connectivity index is 2.47. The van der Waals surface area contributed by atoms with Crippen LogP contribution in [0.4, 0.5) is 0 Å². The zero-order chi connectivity index (χ0) is 8.55. The van der Waals surface area contributed by atoms with Crippen molar-refractivity contribution in [1.82, 2.24) is 0 Å². The molecule has 0 aliphatic heterocycles. The predicted octanol–water partition coefficient (Wildman–Crippen LogP) is 2.77. The maximum atomic E-state index is 9.06. The van der Waals surface area contributed by atoms with E-state index < -0.39 is 0 Å². The van der Waals surface area contributed by atoms with Crippen LogP contribution in [0.3, 0.4) is 0 Å². The van der Waals surface area contributed by atoms with Gasteiger partial charge in [0.1, 0.15) is 0 Å². The number of fused-ring (bicyclic) bond motifs is 1. The van der Waals surface area contributed by atoms with E-state index in [1.165, 1.54) is 24.0 Å². The molecule has 0 spiro atoms. The molecule has 12 heavy (non-hydrogen) atoms. The Morgan fingerprint density at radius 2 is 1.92 bits per heavy atom. The van der Waals surface area contributed by atoms with E-state index in [0.717, 1.165) is 22.1 Å². The van der Waals surface area contributed by atoms with E-state index in [2.05, 4.69) is 0 Å². The smallest absolute Gasteiger partial charge is 0.0966 e. The molecule has 3 heteroatoms. The van der Waals surface area contributed by atoms with Crippen LogP contribution in [0.2, 0.25) is 4.34 Å². The lowest BCUT2D eigenvalue weighted by molar-refractivity contribution is 0.284. The van der Waals surface area contributed by atoms with E-state index >= 15 is 0 Å². The summed E-state index contributed by atoms with van der Waals surface area (Å²) in [4.78, 5) is 1.08. The van der Waals surface area contributed by atoms with Crippen LogP contribution < -0.4 is 0 Å². The Morgan fingerprint density at radius 3 is 2.58 bits per heavy atom. The first-order valence-corrected chi connectivity index (χ1v) is 5.42. The van der Waals surface area contributed by atoms with Crippen LogP contribution in [0, 0.1) is 0 Å². The fourth-order valence-electron chi connectivity index (χ4n) is 1.79. The highest BCUT2D eigenvalue weighted by molar-refractivity contribution is 7.16. The molecule has 0 fully saturated rings. The predicted molar refractivity (Wildman–Crippen MR) is 51.9 cm³/mol. The van der Waals surface area contributed by atoms with Gasteiger partial charge in [0, 0.05) is 4.88 Å². The maximum absolute atomic E-state index is 9.06. The van der Waals surface area contributed by atoms with E-state index in [9.17, 15) is 0 Å². The van der Waals surface area contributed by atoms with E-state index in [4.69, 9.17) is 16.7 Å². The second-order valence-corrected chi connectivity index (χ2v) is 4.83. The number of halogens is 1. The number of hydrogen-bond donors (Lipinski definition) is 1. The Bertz CT molecular complexity index is 293. The van der Waals surface area contributed by atoms with Crippen LogP contribution in [0.25, 0.3) is 0 Å². The zero-order valence-corrected chi connectivity index (χ0v) is 8.34. The molecular formula is C9H11ClOS. The minimum Gasteiger partial charge on any atom is -0.391 e. The van der Waals surface area contributed by atoms with Gasteiger partial charge in [0.05, 0.1) is 10.9 Å². The summed E-state index contributed by atoms with van der Waals surface area (Å²) < 4.78 is 0.897. The second-order valence-electron chi connectivity index (χ2n) is 3.12. The molecule has 1 aliphatic rings. The molecule has 1 aromatic heterocycles. The molecule has 0 unspecified atom stereocenters. The van der Waals surface area contributed by atoms with Crippen LogP contribution in [0.5, 0.6) is 0 Å². The summed E-state index contributed by atoms with van der Waals surface area (Å²) in [6, 6.07) is 0. The third kappa shape index (κ3) is 1.28. The van der Waals surface area contributed by atoms with Gasteiger partial charge in [-0.1, -0.05) is 11.6 Å². The van der Waals surface area contributed by atoms with E-state index in [1.807, 2.05) is 0 Å². The topological polar surface area (TPSA) is 20.2 Å². The summed E-state index contributed by atoms with van der Waals surface area (Å²) in [5, 5.41) is 9.06. The molecule has 1 heterocycles. The summed E-state index contributed by atoms with van der Waals surface area (Å²) >= 11 is 7.59. The van der Waals surface area contributed by atoms with Crippen LogP contribution in [-0.4, -0.2) is 5.11 Å². The molecular weight excluding hydrogens is 192 g/mol. The molecule has 1 aliphatic carbocycles. The van der Waals surface area contributed by atoms with Crippen molar-refractivity contribution in [3.05, 3.63) is 20.3 Å². The molecule has 0 atom stereocenters. The fraction of sp³-hybridized carbons (Fsp3) is 0.556. The Morgan fingerprint density at radius 1 is 1.25 bits per heavy atom. The van der Waals surface area contributed by atoms with Gasteiger partial charge in [0.15, 0.2) is 0 Å². The van der Waals surface area contributed by atoms with Crippen molar-refractivity contribution in [3.8, 4) is 0 Å². The molecule has 0 amide bonds. The summed E-state index contributed by atoms with van der Waals surface area (Å²) in [5.41, 5.74) is 2.63. The van der Waals surface area contributed by atoms with Crippen LogP contribution in [0.1, 0.15) is 28.8 Å². The van der Waals surface area contributed by atoms with Gasteiger partial charge < -0.3 is 5.11 Å². The van der Waals surface area contributed by atoms with E-state index in [1.54, 1.807) is 11.3 Å². The fourth-order valence-corrected chi connectivity index (χ4v) is 3.25. The first-order valence-electron chi connectivity index (χ1n) is 4.22. The molecule has 2 rings (SSSR count). The van der Waals surface area contributed by atoms with Crippen molar-refractivity contribution in [3.63, 3.8) is 0 Å². The Labute approximate surface area is 81.0 Å². The van der Waals surface area contributed by atoms with Gasteiger partial charge in [-0.05, 0) is 36.8 Å². The van der Waals surface area contributed by atoms with Gasteiger partial charge >= 0.3 is 0 Å². The number of hydrogen-bond acceptors (Lipinski definition) is 2. The summed E-state index contributed by atoms with van der Waals surface area (Å²) in [6.45, 7) is 0.152. The first kappa shape index (κ1) is 8.54. The first-order chi connectivity index (χ1) is 5.83. The van der Waals surface area contributed by atoms with Gasteiger partial charge in [-0.2, -0.15) is 0 Å². The molecule has 1 N–H and O–H groups in total. The van der Waals surface area contributed by atoms with Crippen molar-refractivity contribution < 1.29 is 5.11 Å². The second kappa shape index (κ2) is 3.36. The third-order valence-corrected chi connectivity index (χ3v) is 3.91. The van der Waals surface area contributed by atoms with Crippen LogP contribution >= 0.6 is 22.9 Å². The highest BCUT2D eigenvalue weighted by atomic mass is 35.5. The molecule has 1 nitrogen and oxygen atoms in total. The van der Waals surface area contributed by atoms with Crippen molar-refractivity contribution >= 4 is 22.9 Å². The Kier molecular flexibility index (Phi) is 2.40. The zero-order valence-electron chi connectivity index (χ0n) is 6.77. The van der Waals surface area contributed by atoms with E-state index in [0.29, 0.717) is 0 Å². The van der Waals surface area contributed by atoms with Crippen molar-refractivity contribution in [2.75, 3.05) is 0 Å². The van der Waals surface area contributed by atoms with Gasteiger partial charge in [0.25, 0.3) is 0 Å². The largest absolute Gasteiger partial charge is 0.391 e. The van der Waals surface area contributed by atoms with Gasteiger partial charge in [-0.15, -0.1) is 11.3 Å². The normalized spacial score (nSPS) is 16.2. The molecule has 0 saturated heterocycles. The number of thiophene rings is 1. The minimum atomic E-state index is 0.152. The van der Waals surface area contributed by atoms with Crippen LogP contribution in [0.15, 0.2) is 0 Å². The maximum Gasteiger partial charge on any atom is 0.0966 e. The van der Waals surface area contributed by atoms with E-state index in [-0.39, 0.29) is 6.61 Å². The summed E-state index contributed by atoms with van der Waals surface area (Å²) in [6.07, 6.45) is 4.69. The number of aliphatic hydroxyl groups excluding tert-OH is 1. The molecule has 0 radical (unpaired) electrons. The SMILES string of the molecule is OCc1sc(Cl)c2c1CCCC2. The average Bonchev–Trinajstić information content (AvgIpc) is 2.44. The lowest BCUT2D eigenvalue weighted by Crippen LogP contribution is -2.01. The molecule has 0 bridgehead atoms. The van der Waals surface area contributed by atoms with Crippen molar-refractivity contribution in [2.45, 2.75) is 32.3 Å². The van der Waals surface area contributed by atoms with Crippen molar-refractivity contribution in [1.29, 1.82) is 0 Å². The third-order valence-electron chi connectivity index (χ3n) is 2.40. The molecule has 0 saturated carbocycles. The number of aliphatic hydroxyl groups is 1. The van der Waals surface area contributed by atoms with Gasteiger partial charge in [0.2, 0.25) is 0 Å². The monoisotopic (exact) mass is 202 g/mol.